The van der Waals surface area contributed by atoms with Crippen LogP contribution in [0.25, 0.3) is 0 Å². The third-order valence-electron chi connectivity index (χ3n) is 4.22. The van der Waals surface area contributed by atoms with Gasteiger partial charge in [-0.25, -0.2) is 4.39 Å². The van der Waals surface area contributed by atoms with Crippen LogP contribution < -0.4 is 0 Å². The molecule has 0 saturated heterocycles. The predicted molar refractivity (Wildman–Crippen MR) is 110 cm³/mol. The fourth-order valence-electron chi connectivity index (χ4n) is 3.19. The first kappa shape index (κ1) is 23.3. The Balaban J connectivity index is 0.00000208. The normalized spacial score (nSPS) is 9.92. The highest BCUT2D eigenvalue weighted by molar-refractivity contribution is 5.96. The van der Waals surface area contributed by atoms with E-state index in [1.165, 1.54) is 12.1 Å². The standard InChI is InChI=1S/C21H17FO.3CH4/c1-16(23)21(17-8-4-2-5-9-17,18-10-6-3-7-11-18)19-12-14-20(22)15-13-19;;;/h2-15H,1H3;3*1H4. The summed E-state index contributed by atoms with van der Waals surface area (Å²) >= 11 is 0. The van der Waals surface area contributed by atoms with Crippen molar-refractivity contribution in [3.8, 4) is 0 Å². The van der Waals surface area contributed by atoms with E-state index >= 15 is 0 Å². The van der Waals surface area contributed by atoms with Gasteiger partial charge in [0.1, 0.15) is 17.0 Å². The van der Waals surface area contributed by atoms with Crippen molar-refractivity contribution in [1.29, 1.82) is 0 Å². The number of halogens is 1. The molecular weight excluding hydrogens is 323 g/mol. The molecule has 138 valence electrons. The zero-order chi connectivity index (χ0) is 16.3. The number of carbonyl (C=O) groups is 1. The minimum Gasteiger partial charge on any atom is -0.298 e. The van der Waals surface area contributed by atoms with Gasteiger partial charge in [-0.15, -0.1) is 0 Å². The van der Waals surface area contributed by atoms with Crippen LogP contribution in [0.1, 0.15) is 45.9 Å². The number of hydrogen-bond donors (Lipinski definition) is 0. The van der Waals surface area contributed by atoms with Crippen LogP contribution in [0.5, 0.6) is 0 Å². The molecule has 0 aliphatic rings. The van der Waals surface area contributed by atoms with Crippen LogP contribution in [0.2, 0.25) is 0 Å². The van der Waals surface area contributed by atoms with Gasteiger partial charge in [-0.2, -0.15) is 0 Å². The van der Waals surface area contributed by atoms with Gasteiger partial charge in [-0.3, -0.25) is 4.79 Å². The summed E-state index contributed by atoms with van der Waals surface area (Å²) in [5, 5.41) is 0. The van der Waals surface area contributed by atoms with Crippen molar-refractivity contribution in [1.82, 2.24) is 0 Å². The van der Waals surface area contributed by atoms with Gasteiger partial charge in [0.2, 0.25) is 0 Å². The maximum atomic E-state index is 13.4. The summed E-state index contributed by atoms with van der Waals surface area (Å²) in [6.45, 7) is 1.59. The van der Waals surface area contributed by atoms with Crippen molar-refractivity contribution in [3.05, 3.63) is 107 Å². The van der Waals surface area contributed by atoms with E-state index in [1.807, 2.05) is 60.7 Å². The number of Topliss-reactive ketones (excluding diaryl/α,β-unsaturated/α-hetero) is 1. The Kier molecular flexibility index (Phi) is 8.65. The number of hydrogen-bond acceptors (Lipinski definition) is 1. The first-order valence-electron chi connectivity index (χ1n) is 7.54. The average molecular weight is 352 g/mol. The van der Waals surface area contributed by atoms with Crippen molar-refractivity contribution >= 4 is 5.78 Å². The highest BCUT2D eigenvalue weighted by atomic mass is 19.1. The molecule has 0 heterocycles. The molecule has 3 aromatic rings. The maximum absolute atomic E-state index is 13.4. The van der Waals surface area contributed by atoms with E-state index in [4.69, 9.17) is 0 Å². The zero-order valence-corrected chi connectivity index (χ0v) is 12.9. The molecule has 1 nitrogen and oxygen atoms in total. The first-order chi connectivity index (χ1) is 11.2. The molecule has 3 rings (SSSR count). The molecule has 0 bridgehead atoms. The Morgan fingerprint density at radius 1 is 0.654 bits per heavy atom. The maximum Gasteiger partial charge on any atom is 0.149 e. The Morgan fingerprint density at radius 2 is 1.00 bits per heavy atom. The lowest BCUT2D eigenvalue weighted by atomic mass is 9.67. The smallest absolute Gasteiger partial charge is 0.149 e. The second-order valence-electron chi connectivity index (χ2n) is 5.55. The molecule has 0 aliphatic carbocycles. The van der Waals surface area contributed by atoms with Crippen molar-refractivity contribution in [3.63, 3.8) is 0 Å². The van der Waals surface area contributed by atoms with E-state index in [9.17, 15) is 9.18 Å². The third-order valence-corrected chi connectivity index (χ3v) is 4.22. The van der Waals surface area contributed by atoms with Crippen LogP contribution in [0.4, 0.5) is 4.39 Å². The highest BCUT2D eigenvalue weighted by Gasteiger charge is 2.40. The molecule has 0 aliphatic heterocycles. The molecule has 0 fully saturated rings. The molecule has 0 atom stereocenters. The number of ketones is 1. The lowest BCUT2D eigenvalue weighted by molar-refractivity contribution is -0.119. The van der Waals surface area contributed by atoms with Gasteiger partial charge < -0.3 is 0 Å². The van der Waals surface area contributed by atoms with Gasteiger partial charge in [0.25, 0.3) is 0 Å². The topological polar surface area (TPSA) is 17.1 Å². The van der Waals surface area contributed by atoms with E-state index in [-0.39, 0.29) is 33.9 Å². The fourth-order valence-corrected chi connectivity index (χ4v) is 3.19. The average Bonchev–Trinajstić information content (AvgIpc) is 2.59. The highest BCUT2D eigenvalue weighted by Crippen LogP contribution is 2.40. The molecule has 0 aromatic heterocycles. The molecular formula is C24H29FO. The Labute approximate surface area is 157 Å². The summed E-state index contributed by atoms with van der Waals surface area (Å²) in [5.74, 6) is -0.311. The van der Waals surface area contributed by atoms with E-state index in [0.717, 1.165) is 16.7 Å². The SMILES string of the molecule is C.C.C.CC(=O)C(c1ccccc1)(c1ccccc1)c1ccc(F)cc1. The van der Waals surface area contributed by atoms with Gasteiger partial charge in [0.05, 0.1) is 0 Å². The number of carbonyl (C=O) groups excluding carboxylic acids is 1. The molecule has 26 heavy (non-hydrogen) atoms. The third kappa shape index (κ3) is 3.91. The summed E-state index contributed by atoms with van der Waals surface area (Å²) in [6, 6.07) is 25.5. The van der Waals surface area contributed by atoms with Gasteiger partial charge in [-0.05, 0) is 35.7 Å². The fraction of sp³-hybridized carbons (Fsp3) is 0.208. The zero-order valence-electron chi connectivity index (χ0n) is 12.9. The molecule has 0 saturated carbocycles. The molecule has 2 heteroatoms. The first-order valence-corrected chi connectivity index (χ1v) is 7.54. The van der Waals surface area contributed by atoms with Gasteiger partial charge in [0.15, 0.2) is 0 Å². The largest absolute Gasteiger partial charge is 0.298 e. The van der Waals surface area contributed by atoms with Crippen LogP contribution in [0.3, 0.4) is 0 Å². The van der Waals surface area contributed by atoms with Gasteiger partial charge >= 0.3 is 0 Å². The summed E-state index contributed by atoms with van der Waals surface area (Å²) in [7, 11) is 0. The summed E-state index contributed by atoms with van der Waals surface area (Å²) < 4.78 is 13.4. The van der Waals surface area contributed by atoms with E-state index in [1.54, 1.807) is 19.1 Å². The number of rotatable bonds is 4. The van der Waals surface area contributed by atoms with Crippen LogP contribution in [0.15, 0.2) is 84.9 Å². The van der Waals surface area contributed by atoms with Gasteiger partial charge in [0, 0.05) is 0 Å². The summed E-state index contributed by atoms with van der Waals surface area (Å²) in [6.07, 6.45) is 0. The second-order valence-corrected chi connectivity index (χ2v) is 5.55. The molecule has 0 amide bonds. The van der Waals surface area contributed by atoms with E-state index in [2.05, 4.69) is 0 Å². The van der Waals surface area contributed by atoms with Gasteiger partial charge in [-0.1, -0.05) is 95.1 Å². The van der Waals surface area contributed by atoms with Crippen molar-refractivity contribution in [2.45, 2.75) is 34.6 Å². The quantitative estimate of drug-likeness (QED) is 0.480. The Hall–Kier alpha value is -2.74. The lowest BCUT2D eigenvalue weighted by Gasteiger charge is -2.33. The molecule has 0 radical (unpaired) electrons. The molecule has 0 spiro atoms. The van der Waals surface area contributed by atoms with Crippen molar-refractivity contribution in [2.24, 2.45) is 0 Å². The second kappa shape index (κ2) is 9.67. The number of benzene rings is 3. The molecule has 3 aromatic carbocycles. The van der Waals surface area contributed by atoms with Crippen molar-refractivity contribution in [2.75, 3.05) is 0 Å². The lowest BCUT2D eigenvalue weighted by Crippen LogP contribution is -2.36. The van der Waals surface area contributed by atoms with Crippen LogP contribution >= 0.6 is 0 Å². The monoisotopic (exact) mass is 352 g/mol. The van der Waals surface area contributed by atoms with E-state index in [0.29, 0.717) is 0 Å². The van der Waals surface area contributed by atoms with E-state index < -0.39 is 5.41 Å². The molecule has 0 unspecified atom stereocenters. The minimum absolute atomic E-state index is 0. The van der Waals surface area contributed by atoms with Crippen LogP contribution in [-0.4, -0.2) is 5.78 Å². The van der Waals surface area contributed by atoms with Crippen LogP contribution in [-0.2, 0) is 10.2 Å². The summed E-state index contributed by atoms with van der Waals surface area (Å²) in [5.41, 5.74) is 1.59. The Bertz CT molecular complexity index is 753. The molecule has 0 N–H and O–H groups in total. The van der Waals surface area contributed by atoms with Crippen molar-refractivity contribution < 1.29 is 9.18 Å². The summed E-state index contributed by atoms with van der Waals surface area (Å²) in [4.78, 5) is 12.9. The minimum atomic E-state index is -0.934. The van der Waals surface area contributed by atoms with Crippen LogP contribution in [0, 0.1) is 5.82 Å². The Morgan fingerprint density at radius 3 is 1.35 bits per heavy atom. The predicted octanol–water partition coefficient (Wildman–Crippen LogP) is 6.66.